The van der Waals surface area contributed by atoms with E-state index in [0.717, 1.165) is 18.4 Å². The molecular formula is C47H81N5O7. The lowest BCUT2D eigenvalue weighted by atomic mass is 9.83. The van der Waals surface area contributed by atoms with Gasteiger partial charge >= 0.3 is 0 Å². The monoisotopic (exact) mass is 828 g/mol. The number of hydrogen-bond donors (Lipinski definition) is 2. The van der Waals surface area contributed by atoms with Gasteiger partial charge in [0.25, 0.3) is 0 Å². The van der Waals surface area contributed by atoms with Gasteiger partial charge in [-0.15, -0.1) is 0 Å². The number of hydrogen-bond acceptors (Lipinski definition) is 8. The summed E-state index contributed by atoms with van der Waals surface area (Å²) in [5.41, 5.74) is 0.0155. The average molecular weight is 828 g/mol. The quantitative estimate of drug-likeness (QED) is 0.151. The van der Waals surface area contributed by atoms with Crippen LogP contribution in [0, 0.1) is 29.1 Å². The van der Waals surface area contributed by atoms with Crippen molar-refractivity contribution in [3.8, 4) is 0 Å². The first-order valence-corrected chi connectivity index (χ1v) is 21.9. The highest BCUT2D eigenvalue weighted by molar-refractivity contribution is 5.93. The Labute approximate surface area is 357 Å². The molecule has 2 rings (SSSR count). The SMILES string of the molecule is CC[C@H](C)[C@@H]([C@@H](CC(=O)N1CCC[C@H]1[C@H](OC)[C@@H](C)C(=O)N[C@@H](Cc1ccccc1)C(=O)C(C)(C)C)OC)N(C)C(=O)[C@@H](NC(=O)C(C(C)C)N(C)C(C)(C)C)C(C)C. The number of Topliss-reactive ketones (excluding diaryl/α,β-unsaturated/α-hetero) is 1. The van der Waals surface area contributed by atoms with Crippen LogP contribution in [-0.4, -0.2) is 127 Å². The Morgan fingerprint density at radius 2 is 1.44 bits per heavy atom. The predicted molar refractivity (Wildman–Crippen MR) is 236 cm³/mol. The molecule has 12 nitrogen and oxygen atoms in total. The Kier molecular flexibility index (Phi) is 19.7. The molecule has 336 valence electrons. The van der Waals surface area contributed by atoms with Gasteiger partial charge in [-0.2, -0.15) is 0 Å². The highest BCUT2D eigenvalue weighted by atomic mass is 16.5. The Morgan fingerprint density at radius 1 is 0.847 bits per heavy atom. The first-order valence-electron chi connectivity index (χ1n) is 21.9. The number of likely N-dealkylation sites (N-methyl/N-ethyl adjacent to an activating group) is 2. The van der Waals surface area contributed by atoms with E-state index < -0.39 is 47.7 Å². The van der Waals surface area contributed by atoms with Crippen molar-refractivity contribution in [1.82, 2.24) is 25.3 Å². The normalized spacial score (nSPS) is 19.1. The van der Waals surface area contributed by atoms with Crippen molar-refractivity contribution in [2.75, 3.05) is 34.9 Å². The van der Waals surface area contributed by atoms with Gasteiger partial charge in [-0.3, -0.25) is 28.9 Å². The lowest BCUT2D eigenvalue weighted by molar-refractivity contribution is -0.148. The van der Waals surface area contributed by atoms with Crippen LogP contribution in [0.4, 0.5) is 0 Å². The number of nitrogens with zero attached hydrogens (tertiary/aromatic N) is 3. The third-order valence-electron chi connectivity index (χ3n) is 12.5. The highest BCUT2D eigenvalue weighted by Crippen LogP contribution is 2.30. The molecule has 0 spiro atoms. The number of benzene rings is 1. The number of rotatable bonds is 21. The summed E-state index contributed by atoms with van der Waals surface area (Å²) in [4.78, 5) is 75.8. The minimum absolute atomic E-state index is 0.00956. The third kappa shape index (κ3) is 13.8. The lowest BCUT2D eigenvalue weighted by Crippen LogP contribution is -2.61. The maximum atomic E-state index is 14.5. The smallest absolute Gasteiger partial charge is 0.245 e. The van der Waals surface area contributed by atoms with Gasteiger partial charge < -0.3 is 29.9 Å². The minimum atomic E-state index is -0.786. The molecule has 0 radical (unpaired) electrons. The molecule has 9 atom stereocenters. The molecule has 1 aromatic rings. The number of likely N-dealkylation sites (tertiary alicyclic amines) is 1. The first-order chi connectivity index (χ1) is 27.3. The van der Waals surface area contributed by atoms with E-state index in [1.165, 1.54) is 0 Å². The second-order valence-corrected chi connectivity index (χ2v) is 19.7. The number of methoxy groups -OCH3 is 2. The predicted octanol–water partition coefficient (Wildman–Crippen LogP) is 6.15. The van der Waals surface area contributed by atoms with Crippen LogP contribution >= 0.6 is 0 Å². The maximum Gasteiger partial charge on any atom is 0.245 e. The number of nitrogens with one attached hydrogen (secondary N) is 2. The third-order valence-corrected chi connectivity index (χ3v) is 12.5. The number of ketones is 1. The van der Waals surface area contributed by atoms with E-state index in [-0.39, 0.29) is 65.2 Å². The van der Waals surface area contributed by atoms with Gasteiger partial charge in [-0.05, 0) is 70.4 Å². The average Bonchev–Trinajstić information content (AvgIpc) is 3.65. The van der Waals surface area contributed by atoms with E-state index >= 15 is 0 Å². The Bertz CT molecular complexity index is 1520. The summed E-state index contributed by atoms with van der Waals surface area (Å²) in [7, 11) is 6.81. The van der Waals surface area contributed by atoms with Gasteiger partial charge in [0, 0.05) is 38.8 Å². The topological polar surface area (TPSA) is 138 Å². The molecule has 1 aliphatic heterocycles. The van der Waals surface area contributed by atoms with Gasteiger partial charge in [0.15, 0.2) is 5.78 Å². The zero-order valence-electron chi connectivity index (χ0n) is 39.7. The molecule has 1 heterocycles. The molecule has 12 heteroatoms. The van der Waals surface area contributed by atoms with E-state index in [9.17, 15) is 24.0 Å². The number of amides is 4. The molecule has 0 aromatic heterocycles. The second-order valence-electron chi connectivity index (χ2n) is 19.7. The number of ether oxygens (including phenoxy) is 2. The molecule has 1 unspecified atom stereocenters. The fourth-order valence-corrected chi connectivity index (χ4v) is 8.51. The molecule has 0 bridgehead atoms. The Morgan fingerprint density at radius 3 is 1.92 bits per heavy atom. The van der Waals surface area contributed by atoms with E-state index in [0.29, 0.717) is 19.4 Å². The van der Waals surface area contributed by atoms with E-state index in [2.05, 4.69) is 43.2 Å². The largest absolute Gasteiger partial charge is 0.379 e. The number of carbonyl (C=O) groups excluding carboxylic acids is 5. The molecule has 0 aliphatic carbocycles. The van der Waals surface area contributed by atoms with Gasteiger partial charge in [-0.1, -0.05) is 106 Å². The van der Waals surface area contributed by atoms with Crippen LogP contribution < -0.4 is 10.6 Å². The second kappa shape index (κ2) is 22.5. The van der Waals surface area contributed by atoms with Gasteiger partial charge in [0.05, 0.1) is 48.7 Å². The standard InChI is InChI=1S/C47H81N5O7/c1-18-31(6)40(50(14)45(57)38(29(2)3)49-44(56)39(30(4)5)51(15)47(11,12)13)36(58-16)28-37(53)52-26-22-25-35(52)41(59-17)32(7)43(55)48-34(42(54)46(8,9)10)27-33-23-20-19-21-24-33/h19-21,23-24,29-32,34-36,38-41H,18,22,25-28H2,1-17H3,(H,48,55)(H,49,56)/t31-,32+,34-,35-,36+,38-,39?,40-,41+/m0/s1. The van der Waals surface area contributed by atoms with Gasteiger partial charge in [-0.25, -0.2) is 0 Å². The molecule has 1 saturated heterocycles. The minimum Gasteiger partial charge on any atom is -0.379 e. The van der Waals surface area contributed by atoms with Crippen LogP contribution in [0.2, 0.25) is 0 Å². The van der Waals surface area contributed by atoms with Crippen molar-refractivity contribution >= 4 is 29.4 Å². The van der Waals surface area contributed by atoms with Crippen LogP contribution in [0.5, 0.6) is 0 Å². The fourth-order valence-electron chi connectivity index (χ4n) is 8.51. The van der Waals surface area contributed by atoms with Crippen molar-refractivity contribution in [2.45, 2.75) is 170 Å². The summed E-state index contributed by atoms with van der Waals surface area (Å²) in [6.45, 7) is 26.0. The molecule has 1 aliphatic rings. The highest BCUT2D eigenvalue weighted by Gasteiger charge is 2.44. The molecule has 1 fully saturated rings. The van der Waals surface area contributed by atoms with Gasteiger partial charge in [0.1, 0.15) is 6.04 Å². The summed E-state index contributed by atoms with van der Waals surface area (Å²) in [5, 5.41) is 6.16. The van der Waals surface area contributed by atoms with Crippen LogP contribution in [0.25, 0.3) is 0 Å². The maximum absolute atomic E-state index is 14.5. The Balaban J connectivity index is 2.34. The van der Waals surface area contributed by atoms with E-state index in [1.807, 2.05) is 92.8 Å². The van der Waals surface area contributed by atoms with Crippen molar-refractivity contribution in [3.05, 3.63) is 35.9 Å². The summed E-state index contributed by atoms with van der Waals surface area (Å²) >= 11 is 0. The zero-order valence-corrected chi connectivity index (χ0v) is 39.7. The molecule has 1 aromatic carbocycles. The van der Waals surface area contributed by atoms with Crippen molar-refractivity contribution in [2.24, 2.45) is 29.1 Å². The molecule has 59 heavy (non-hydrogen) atoms. The summed E-state index contributed by atoms with van der Waals surface area (Å²) in [6, 6.07) is 6.84. The van der Waals surface area contributed by atoms with Crippen LogP contribution in [0.15, 0.2) is 30.3 Å². The van der Waals surface area contributed by atoms with Crippen LogP contribution in [0.1, 0.15) is 121 Å². The van der Waals surface area contributed by atoms with Crippen molar-refractivity contribution in [3.63, 3.8) is 0 Å². The van der Waals surface area contributed by atoms with Crippen LogP contribution in [-0.2, 0) is 39.9 Å². The summed E-state index contributed by atoms with van der Waals surface area (Å²) < 4.78 is 12.1. The van der Waals surface area contributed by atoms with Crippen molar-refractivity contribution in [1.29, 1.82) is 0 Å². The van der Waals surface area contributed by atoms with Gasteiger partial charge in [0.2, 0.25) is 23.6 Å². The fraction of sp³-hybridized carbons (Fsp3) is 0.766. The first kappa shape index (κ1) is 51.8. The summed E-state index contributed by atoms with van der Waals surface area (Å²) in [6.07, 6.45) is 1.24. The lowest BCUT2D eigenvalue weighted by Gasteiger charge is -2.42. The zero-order chi connectivity index (χ0) is 45.2. The Hall–Kier alpha value is -3.35. The van der Waals surface area contributed by atoms with Crippen LogP contribution in [0.3, 0.4) is 0 Å². The molecule has 0 saturated carbocycles. The molecule has 4 amide bonds. The van der Waals surface area contributed by atoms with Crippen molar-refractivity contribution < 1.29 is 33.4 Å². The number of carbonyl (C=O) groups is 5. The van der Waals surface area contributed by atoms with E-state index in [1.54, 1.807) is 38.0 Å². The van der Waals surface area contributed by atoms with E-state index in [4.69, 9.17) is 9.47 Å². The summed E-state index contributed by atoms with van der Waals surface area (Å²) in [5.74, 6) is -1.83. The molecular weight excluding hydrogens is 747 g/mol. The molecule has 2 N–H and O–H groups in total.